The first-order valence-electron chi connectivity index (χ1n) is 8.49. The molecule has 0 heterocycles. The predicted octanol–water partition coefficient (Wildman–Crippen LogP) is 3.15. The van der Waals surface area contributed by atoms with Crippen molar-refractivity contribution in [1.82, 2.24) is 10.2 Å². The lowest BCUT2D eigenvalue weighted by atomic mass is 9.67. The number of hydrogen-bond donors (Lipinski definition) is 1. The SMILES string of the molecule is CCCNC1C(CN(CC)CCOC)CCCC1(C)C. The average Bonchev–Trinajstić information content (AvgIpc) is 2.42. The van der Waals surface area contributed by atoms with E-state index >= 15 is 0 Å². The summed E-state index contributed by atoms with van der Waals surface area (Å²) in [5.41, 5.74) is 0.429. The van der Waals surface area contributed by atoms with Crippen molar-refractivity contribution in [1.29, 1.82) is 0 Å². The first-order chi connectivity index (χ1) is 9.55. The molecule has 0 saturated heterocycles. The Labute approximate surface area is 126 Å². The van der Waals surface area contributed by atoms with Gasteiger partial charge in [0, 0.05) is 26.2 Å². The third-order valence-corrected chi connectivity index (χ3v) is 4.88. The molecule has 0 aromatic carbocycles. The molecule has 0 aromatic heterocycles. The summed E-state index contributed by atoms with van der Waals surface area (Å²) in [5, 5.41) is 3.84. The summed E-state index contributed by atoms with van der Waals surface area (Å²) in [6.45, 7) is 14.8. The number of nitrogens with one attached hydrogen (secondary N) is 1. The van der Waals surface area contributed by atoms with Gasteiger partial charge in [0.15, 0.2) is 0 Å². The molecule has 1 rings (SSSR count). The summed E-state index contributed by atoms with van der Waals surface area (Å²) in [6, 6.07) is 0.660. The summed E-state index contributed by atoms with van der Waals surface area (Å²) in [6.07, 6.45) is 5.33. The second-order valence-corrected chi connectivity index (χ2v) is 6.96. The van der Waals surface area contributed by atoms with Crippen molar-refractivity contribution in [3.8, 4) is 0 Å². The maximum absolute atomic E-state index is 5.24. The molecular formula is C17H36N2O. The quantitative estimate of drug-likeness (QED) is 0.704. The molecule has 3 nitrogen and oxygen atoms in total. The van der Waals surface area contributed by atoms with E-state index in [2.05, 4.69) is 37.9 Å². The zero-order valence-electron chi connectivity index (χ0n) is 14.4. The molecule has 1 N–H and O–H groups in total. The molecule has 120 valence electrons. The highest BCUT2D eigenvalue weighted by molar-refractivity contribution is 4.94. The van der Waals surface area contributed by atoms with Gasteiger partial charge in [-0.3, -0.25) is 0 Å². The summed E-state index contributed by atoms with van der Waals surface area (Å²) in [7, 11) is 1.79. The van der Waals surface area contributed by atoms with Crippen LogP contribution in [-0.4, -0.2) is 50.8 Å². The monoisotopic (exact) mass is 284 g/mol. The Morgan fingerprint density at radius 1 is 1.30 bits per heavy atom. The lowest BCUT2D eigenvalue weighted by Crippen LogP contribution is -2.53. The minimum absolute atomic E-state index is 0.429. The van der Waals surface area contributed by atoms with Crippen LogP contribution in [0.2, 0.25) is 0 Å². The van der Waals surface area contributed by atoms with Crippen LogP contribution in [0.4, 0.5) is 0 Å². The van der Waals surface area contributed by atoms with Gasteiger partial charge < -0.3 is 15.0 Å². The van der Waals surface area contributed by atoms with Gasteiger partial charge in [-0.15, -0.1) is 0 Å². The van der Waals surface area contributed by atoms with E-state index in [-0.39, 0.29) is 0 Å². The Bertz CT molecular complexity index is 255. The van der Waals surface area contributed by atoms with Crippen molar-refractivity contribution in [2.75, 3.05) is 39.9 Å². The van der Waals surface area contributed by atoms with Gasteiger partial charge in [-0.25, -0.2) is 0 Å². The molecule has 2 atom stereocenters. The van der Waals surface area contributed by atoms with Crippen LogP contribution in [0.25, 0.3) is 0 Å². The largest absolute Gasteiger partial charge is 0.383 e. The van der Waals surface area contributed by atoms with Crippen molar-refractivity contribution in [3.05, 3.63) is 0 Å². The number of likely N-dealkylation sites (N-methyl/N-ethyl adjacent to an activating group) is 1. The second kappa shape index (κ2) is 9.01. The van der Waals surface area contributed by atoms with Gasteiger partial charge in [-0.1, -0.05) is 34.1 Å². The zero-order chi connectivity index (χ0) is 15.0. The Morgan fingerprint density at radius 3 is 2.65 bits per heavy atom. The minimum Gasteiger partial charge on any atom is -0.383 e. The molecule has 0 radical (unpaired) electrons. The highest BCUT2D eigenvalue weighted by atomic mass is 16.5. The van der Waals surface area contributed by atoms with Gasteiger partial charge in [0.2, 0.25) is 0 Å². The summed E-state index contributed by atoms with van der Waals surface area (Å²) in [5.74, 6) is 0.780. The van der Waals surface area contributed by atoms with Gasteiger partial charge in [-0.2, -0.15) is 0 Å². The number of methoxy groups -OCH3 is 1. The van der Waals surface area contributed by atoms with E-state index in [1.54, 1.807) is 7.11 Å². The van der Waals surface area contributed by atoms with Crippen LogP contribution >= 0.6 is 0 Å². The van der Waals surface area contributed by atoms with Crippen LogP contribution in [0.5, 0.6) is 0 Å². The van der Waals surface area contributed by atoms with Gasteiger partial charge in [0.1, 0.15) is 0 Å². The van der Waals surface area contributed by atoms with Gasteiger partial charge in [0.05, 0.1) is 6.61 Å². The van der Waals surface area contributed by atoms with Crippen molar-refractivity contribution in [2.45, 2.75) is 59.4 Å². The van der Waals surface area contributed by atoms with Crippen LogP contribution in [-0.2, 0) is 4.74 Å². The summed E-state index contributed by atoms with van der Waals surface area (Å²) in [4.78, 5) is 2.55. The average molecular weight is 284 g/mol. The molecule has 1 fully saturated rings. The second-order valence-electron chi connectivity index (χ2n) is 6.96. The van der Waals surface area contributed by atoms with Crippen LogP contribution < -0.4 is 5.32 Å². The molecule has 0 bridgehead atoms. The molecule has 0 spiro atoms. The highest BCUT2D eigenvalue weighted by Gasteiger charge is 2.38. The standard InChI is InChI=1S/C17H36N2O/c1-6-11-18-16-15(9-8-10-17(16,3)4)14-19(7-2)12-13-20-5/h15-16,18H,6-14H2,1-5H3. The van der Waals surface area contributed by atoms with Crippen LogP contribution in [0.15, 0.2) is 0 Å². The minimum atomic E-state index is 0.429. The molecule has 1 aliphatic carbocycles. The highest BCUT2D eigenvalue weighted by Crippen LogP contribution is 2.39. The van der Waals surface area contributed by atoms with E-state index in [1.807, 2.05) is 0 Å². The van der Waals surface area contributed by atoms with Gasteiger partial charge >= 0.3 is 0 Å². The summed E-state index contributed by atoms with van der Waals surface area (Å²) >= 11 is 0. The fourth-order valence-electron chi connectivity index (χ4n) is 3.65. The van der Waals surface area contributed by atoms with Crippen molar-refractivity contribution < 1.29 is 4.74 Å². The molecule has 0 aliphatic heterocycles. The fraction of sp³-hybridized carbons (Fsp3) is 1.00. The van der Waals surface area contributed by atoms with Crippen LogP contribution in [0, 0.1) is 11.3 Å². The fourth-order valence-corrected chi connectivity index (χ4v) is 3.65. The molecule has 2 unspecified atom stereocenters. The number of nitrogens with zero attached hydrogens (tertiary/aromatic N) is 1. The first-order valence-corrected chi connectivity index (χ1v) is 8.49. The van der Waals surface area contributed by atoms with E-state index in [9.17, 15) is 0 Å². The third kappa shape index (κ3) is 5.34. The van der Waals surface area contributed by atoms with Crippen molar-refractivity contribution in [3.63, 3.8) is 0 Å². The molecule has 0 aromatic rings. The molecule has 1 saturated carbocycles. The lowest BCUT2D eigenvalue weighted by Gasteiger charge is -2.46. The van der Waals surface area contributed by atoms with Crippen molar-refractivity contribution in [2.24, 2.45) is 11.3 Å². The normalized spacial score (nSPS) is 26.1. The summed E-state index contributed by atoms with van der Waals surface area (Å²) < 4.78 is 5.24. The van der Waals surface area contributed by atoms with E-state index < -0.39 is 0 Å². The Morgan fingerprint density at radius 2 is 2.05 bits per heavy atom. The van der Waals surface area contributed by atoms with E-state index in [0.29, 0.717) is 11.5 Å². The molecule has 20 heavy (non-hydrogen) atoms. The number of ether oxygens (including phenoxy) is 1. The molecular weight excluding hydrogens is 248 g/mol. The van der Waals surface area contributed by atoms with Crippen molar-refractivity contribution >= 4 is 0 Å². The Hall–Kier alpha value is -0.120. The molecule has 1 aliphatic rings. The van der Waals surface area contributed by atoms with E-state index in [1.165, 1.54) is 32.2 Å². The number of rotatable bonds is 9. The third-order valence-electron chi connectivity index (χ3n) is 4.88. The molecule has 3 heteroatoms. The number of hydrogen-bond acceptors (Lipinski definition) is 3. The zero-order valence-corrected chi connectivity index (χ0v) is 14.4. The lowest BCUT2D eigenvalue weighted by molar-refractivity contribution is 0.0699. The van der Waals surface area contributed by atoms with Crippen LogP contribution in [0.1, 0.15) is 53.4 Å². The van der Waals surface area contributed by atoms with Crippen LogP contribution in [0.3, 0.4) is 0 Å². The maximum atomic E-state index is 5.24. The topological polar surface area (TPSA) is 24.5 Å². The predicted molar refractivity (Wildman–Crippen MR) is 87.2 cm³/mol. The molecule has 0 amide bonds. The van der Waals surface area contributed by atoms with Gasteiger partial charge in [0.25, 0.3) is 0 Å². The Kier molecular flexibility index (Phi) is 8.08. The van der Waals surface area contributed by atoms with E-state index in [4.69, 9.17) is 4.74 Å². The first kappa shape index (κ1) is 17.9. The van der Waals surface area contributed by atoms with E-state index in [0.717, 1.165) is 32.2 Å². The Balaban J connectivity index is 2.62. The smallest absolute Gasteiger partial charge is 0.0589 e. The maximum Gasteiger partial charge on any atom is 0.0589 e. The van der Waals surface area contributed by atoms with Gasteiger partial charge in [-0.05, 0) is 43.7 Å².